The molecule has 1 rings (SSSR count). The van der Waals surface area contributed by atoms with Crippen LogP contribution in [-0.4, -0.2) is 19.3 Å². The van der Waals surface area contributed by atoms with Crippen molar-refractivity contribution >= 4 is 9.84 Å². The number of rotatable bonds is 3. The molecule has 0 atom stereocenters. The third kappa shape index (κ3) is 2.26. The van der Waals surface area contributed by atoms with Crippen LogP contribution in [-0.2, 0) is 9.84 Å². The Hall–Kier alpha value is -1.49. The van der Waals surface area contributed by atoms with Crippen LogP contribution in [0.2, 0.25) is 0 Å². The first-order valence-corrected chi connectivity index (χ1v) is 5.53. The van der Waals surface area contributed by atoms with Gasteiger partial charge in [-0.05, 0) is 12.1 Å². The minimum atomic E-state index is -3.56. The molecule has 14 heavy (non-hydrogen) atoms. The molecule has 1 aromatic rings. The first-order chi connectivity index (χ1) is 6.43. The van der Waals surface area contributed by atoms with Crippen LogP contribution in [0.15, 0.2) is 41.4 Å². The molecule has 0 saturated heterocycles. The molecule has 0 unspecified atom stereocenters. The van der Waals surface area contributed by atoms with Crippen LogP contribution in [0.1, 0.15) is 0 Å². The highest BCUT2D eigenvalue weighted by atomic mass is 32.2. The van der Waals surface area contributed by atoms with Gasteiger partial charge in [-0.3, -0.25) is 0 Å². The highest BCUT2D eigenvalue weighted by Crippen LogP contribution is 2.22. The van der Waals surface area contributed by atoms with Gasteiger partial charge in [0.1, 0.15) is 10.6 Å². The lowest BCUT2D eigenvalue weighted by molar-refractivity contribution is 0.459. The Morgan fingerprint density at radius 2 is 2.00 bits per heavy atom. The summed E-state index contributed by atoms with van der Waals surface area (Å²) in [4.78, 5) is -0.119. The van der Waals surface area contributed by atoms with Gasteiger partial charge < -0.3 is 10.8 Å². The SMILES string of the molecule is C=C(N)CS(=O)(=O)c1ccccc1O. The van der Waals surface area contributed by atoms with Gasteiger partial charge in [-0.1, -0.05) is 18.7 Å². The Bertz CT molecular complexity index is 451. The minimum Gasteiger partial charge on any atom is -0.507 e. The summed E-state index contributed by atoms with van der Waals surface area (Å²) < 4.78 is 23.1. The van der Waals surface area contributed by atoms with E-state index in [2.05, 4.69) is 6.58 Å². The lowest BCUT2D eigenvalue weighted by atomic mass is 10.3. The molecule has 0 aliphatic heterocycles. The summed E-state index contributed by atoms with van der Waals surface area (Å²) in [6.45, 7) is 3.31. The van der Waals surface area contributed by atoms with Crippen LogP contribution < -0.4 is 5.73 Å². The number of hydrogen-bond donors (Lipinski definition) is 2. The number of para-hydroxylation sites is 1. The average molecular weight is 213 g/mol. The molecule has 4 nitrogen and oxygen atoms in total. The Labute approximate surface area is 82.6 Å². The molecule has 5 heteroatoms. The van der Waals surface area contributed by atoms with E-state index in [-0.39, 0.29) is 22.1 Å². The Morgan fingerprint density at radius 1 is 1.43 bits per heavy atom. The fourth-order valence-corrected chi connectivity index (χ4v) is 2.36. The van der Waals surface area contributed by atoms with Gasteiger partial charge in [-0.25, -0.2) is 8.42 Å². The van der Waals surface area contributed by atoms with Crippen molar-refractivity contribution in [1.82, 2.24) is 0 Å². The molecule has 3 N–H and O–H groups in total. The maximum absolute atomic E-state index is 11.6. The van der Waals surface area contributed by atoms with Crippen molar-refractivity contribution in [2.24, 2.45) is 5.73 Å². The maximum Gasteiger partial charge on any atom is 0.187 e. The number of aromatic hydroxyl groups is 1. The van der Waals surface area contributed by atoms with E-state index in [4.69, 9.17) is 5.73 Å². The second-order valence-electron chi connectivity index (χ2n) is 2.89. The summed E-state index contributed by atoms with van der Waals surface area (Å²) in [5.41, 5.74) is 5.26. The quantitative estimate of drug-likeness (QED) is 0.772. The van der Waals surface area contributed by atoms with Gasteiger partial charge in [0.15, 0.2) is 9.84 Å². The topological polar surface area (TPSA) is 80.4 Å². The summed E-state index contributed by atoms with van der Waals surface area (Å²) >= 11 is 0. The van der Waals surface area contributed by atoms with Crippen molar-refractivity contribution in [2.75, 3.05) is 5.75 Å². The van der Waals surface area contributed by atoms with Crippen LogP contribution in [0.25, 0.3) is 0 Å². The van der Waals surface area contributed by atoms with Crippen molar-refractivity contribution in [3.8, 4) is 5.75 Å². The summed E-state index contributed by atoms with van der Waals surface area (Å²) in [5.74, 6) is -0.626. The summed E-state index contributed by atoms with van der Waals surface area (Å²) in [5, 5.41) is 9.31. The number of nitrogens with two attached hydrogens (primary N) is 1. The monoisotopic (exact) mass is 213 g/mol. The number of benzene rings is 1. The molecule has 0 radical (unpaired) electrons. The van der Waals surface area contributed by atoms with E-state index in [0.29, 0.717) is 0 Å². The van der Waals surface area contributed by atoms with Gasteiger partial charge in [0, 0.05) is 5.70 Å². The molecular weight excluding hydrogens is 202 g/mol. The number of hydrogen-bond acceptors (Lipinski definition) is 4. The Morgan fingerprint density at radius 3 is 2.50 bits per heavy atom. The predicted octanol–water partition coefficient (Wildman–Crippen LogP) is 0.638. The minimum absolute atomic E-state index is 0.0493. The van der Waals surface area contributed by atoms with E-state index >= 15 is 0 Å². The van der Waals surface area contributed by atoms with E-state index in [1.165, 1.54) is 18.2 Å². The second-order valence-corrected chi connectivity index (χ2v) is 4.84. The van der Waals surface area contributed by atoms with Crippen LogP contribution >= 0.6 is 0 Å². The van der Waals surface area contributed by atoms with Crippen LogP contribution in [0, 0.1) is 0 Å². The van der Waals surface area contributed by atoms with E-state index in [0.717, 1.165) is 0 Å². The lowest BCUT2D eigenvalue weighted by Crippen LogP contribution is -2.13. The highest BCUT2D eigenvalue weighted by molar-refractivity contribution is 7.91. The van der Waals surface area contributed by atoms with Crippen molar-refractivity contribution in [2.45, 2.75) is 4.90 Å². The summed E-state index contributed by atoms with van der Waals surface area (Å²) in [6, 6.07) is 5.72. The zero-order valence-electron chi connectivity index (χ0n) is 7.47. The molecule has 0 bridgehead atoms. The normalized spacial score (nSPS) is 11.1. The predicted molar refractivity (Wildman–Crippen MR) is 53.5 cm³/mol. The summed E-state index contributed by atoms with van der Waals surface area (Å²) in [6.07, 6.45) is 0. The van der Waals surface area contributed by atoms with Gasteiger partial charge in [0.25, 0.3) is 0 Å². The molecule has 76 valence electrons. The molecular formula is C9H11NO3S. The van der Waals surface area contributed by atoms with Crippen molar-refractivity contribution in [1.29, 1.82) is 0 Å². The van der Waals surface area contributed by atoms with Crippen LogP contribution in [0.3, 0.4) is 0 Å². The van der Waals surface area contributed by atoms with E-state index in [9.17, 15) is 13.5 Å². The summed E-state index contributed by atoms with van der Waals surface area (Å²) in [7, 11) is -3.56. The molecule has 0 aliphatic carbocycles. The van der Waals surface area contributed by atoms with Crippen LogP contribution in [0.4, 0.5) is 0 Å². The Balaban J connectivity index is 3.17. The van der Waals surface area contributed by atoms with Crippen LogP contribution in [0.5, 0.6) is 5.75 Å². The smallest absolute Gasteiger partial charge is 0.187 e. The van der Waals surface area contributed by atoms with Gasteiger partial charge in [-0.15, -0.1) is 0 Å². The highest BCUT2D eigenvalue weighted by Gasteiger charge is 2.18. The Kier molecular flexibility index (Phi) is 2.81. The molecule has 0 amide bonds. The number of sulfone groups is 1. The third-order valence-electron chi connectivity index (χ3n) is 1.58. The van der Waals surface area contributed by atoms with E-state index in [1.807, 2.05) is 0 Å². The lowest BCUT2D eigenvalue weighted by Gasteiger charge is -2.05. The molecule has 0 heterocycles. The fraction of sp³-hybridized carbons (Fsp3) is 0.111. The average Bonchev–Trinajstić information content (AvgIpc) is 2.02. The molecule has 0 spiro atoms. The molecule has 1 aromatic carbocycles. The number of phenols is 1. The van der Waals surface area contributed by atoms with Gasteiger partial charge in [0.05, 0.1) is 5.75 Å². The van der Waals surface area contributed by atoms with Crippen molar-refractivity contribution in [3.63, 3.8) is 0 Å². The molecule has 0 saturated carbocycles. The fourth-order valence-electron chi connectivity index (χ4n) is 1.04. The standard InChI is InChI=1S/C9H11NO3S/c1-7(10)6-14(12,13)9-5-3-2-4-8(9)11/h2-5,11H,1,6,10H2. The zero-order chi connectivity index (χ0) is 10.8. The largest absolute Gasteiger partial charge is 0.507 e. The maximum atomic E-state index is 11.6. The number of phenolic OH excluding ortho intramolecular Hbond substituents is 1. The first kappa shape index (κ1) is 10.6. The van der Waals surface area contributed by atoms with Gasteiger partial charge in [0.2, 0.25) is 0 Å². The second kappa shape index (κ2) is 3.71. The van der Waals surface area contributed by atoms with E-state index in [1.54, 1.807) is 6.07 Å². The third-order valence-corrected chi connectivity index (χ3v) is 3.34. The van der Waals surface area contributed by atoms with Crippen molar-refractivity contribution < 1.29 is 13.5 Å². The van der Waals surface area contributed by atoms with Gasteiger partial charge >= 0.3 is 0 Å². The molecule has 0 fully saturated rings. The first-order valence-electron chi connectivity index (χ1n) is 3.87. The van der Waals surface area contributed by atoms with E-state index < -0.39 is 9.84 Å². The molecule has 0 aliphatic rings. The van der Waals surface area contributed by atoms with Crippen molar-refractivity contribution in [3.05, 3.63) is 36.5 Å². The molecule has 0 aromatic heterocycles. The zero-order valence-corrected chi connectivity index (χ0v) is 8.29. The van der Waals surface area contributed by atoms with Gasteiger partial charge in [-0.2, -0.15) is 0 Å².